The highest BCUT2D eigenvalue weighted by Gasteiger charge is 2.14. The molecule has 0 aliphatic carbocycles. The Hall–Kier alpha value is -3.47. The molecule has 3 aromatic rings. The van der Waals surface area contributed by atoms with Gasteiger partial charge >= 0.3 is 0 Å². The molecule has 3 rings (SSSR count). The van der Waals surface area contributed by atoms with Crippen molar-refractivity contribution in [1.82, 2.24) is 10.3 Å². The highest BCUT2D eigenvalue weighted by atomic mass is 16.2. The van der Waals surface area contributed by atoms with Crippen LogP contribution >= 0.6 is 0 Å². The summed E-state index contributed by atoms with van der Waals surface area (Å²) in [4.78, 5) is 29.1. The summed E-state index contributed by atoms with van der Waals surface area (Å²) >= 11 is 0. The molecule has 0 saturated heterocycles. The van der Waals surface area contributed by atoms with Crippen molar-refractivity contribution in [2.24, 2.45) is 0 Å². The van der Waals surface area contributed by atoms with Gasteiger partial charge in [-0.25, -0.2) is 0 Å². The Labute approximate surface area is 164 Å². The van der Waals surface area contributed by atoms with E-state index in [2.05, 4.69) is 21.7 Å². The number of anilines is 1. The first kappa shape index (κ1) is 19.3. The number of pyridine rings is 1. The summed E-state index contributed by atoms with van der Waals surface area (Å²) in [5.41, 5.74) is 5.06. The fraction of sp³-hybridized carbons (Fsp3) is 0.174. The van der Waals surface area contributed by atoms with Crippen LogP contribution in [-0.2, 0) is 17.8 Å². The summed E-state index contributed by atoms with van der Waals surface area (Å²) < 4.78 is 0. The SMILES string of the molecule is Cc1ccc(CC(=O)Nc2ccccc2C(=O)NCc2cccnc2)c(C)c1. The summed E-state index contributed by atoms with van der Waals surface area (Å²) in [7, 11) is 0. The second kappa shape index (κ2) is 8.95. The maximum Gasteiger partial charge on any atom is 0.253 e. The number of amides is 2. The van der Waals surface area contributed by atoms with Gasteiger partial charge in [0.25, 0.3) is 5.91 Å². The van der Waals surface area contributed by atoms with Crippen LogP contribution in [0.1, 0.15) is 32.6 Å². The van der Waals surface area contributed by atoms with Crippen LogP contribution in [0.2, 0.25) is 0 Å². The number of carbonyl (C=O) groups is 2. The van der Waals surface area contributed by atoms with Crippen molar-refractivity contribution in [2.45, 2.75) is 26.8 Å². The smallest absolute Gasteiger partial charge is 0.253 e. The van der Waals surface area contributed by atoms with Gasteiger partial charge in [-0.1, -0.05) is 42.0 Å². The van der Waals surface area contributed by atoms with E-state index >= 15 is 0 Å². The van der Waals surface area contributed by atoms with Crippen molar-refractivity contribution in [2.75, 3.05) is 5.32 Å². The van der Waals surface area contributed by atoms with Gasteiger partial charge in [0.2, 0.25) is 5.91 Å². The maximum absolute atomic E-state index is 12.6. The zero-order valence-corrected chi connectivity index (χ0v) is 16.0. The van der Waals surface area contributed by atoms with E-state index in [0.717, 1.165) is 22.3 Å². The van der Waals surface area contributed by atoms with Crippen molar-refractivity contribution in [3.63, 3.8) is 0 Å². The average Bonchev–Trinajstić information content (AvgIpc) is 2.69. The Balaban J connectivity index is 1.67. The first-order chi connectivity index (χ1) is 13.5. The van der Waals surface area contributed by atoms with Gasteiger partial charge in [0.05, 0.1) is 17.7 Å². The molecule has 0 atom stereocenters. The number of carbonyl (C=O) groups excluding carboxylic acids is 2. The quantitative estimate of drug-likeness (QED) is 0.690. The minimum Gasteiger partial charge on any atom is -0.348 e. The molecule has 2 aromatic carbocycles. The molecule has 0 unspecified atom stereocenters. The third-order valence-electron chi connectivity index (χ3n) is 4.47. The van der Waals surface area contributed by atoms with Crippen molar-refractivity contribution in [3.05, 3.63) is 94.8 Å². The van der Waals surface area contributed by atoms with Gasteiger partial charge in [-0.05, 0) is 48.7 Å². The Morgan fingerprint density at radius 1 is 1.00 bits per heavy atom. The number of para-hydroxylation sites is 1. The zero-order valence-electron chi connectivity index (χ0n) is 16.0. The first-order valence-corrected chi connectivity index (χ1v) is 9.15. The molecule has 28 heavy (non-hydrogen) atoms. The van der Waals surface area contributed by atoms with Gasteiger partial charge in [-0.2, -0.15) is 0 Å². The number of rotatable bonds is 6. The van der Waals surface area contributed by atoms with Crippen LogP contribution in [0.25, 0.3) is 0 Å². The maximum atomic E-state index is 12.6. The number of hydrogen-bond acceptors (Lipinski definition) is 3. The highest BCUT2D eigenvalue weighted by Crippen LogP contribution is 2.17. The summed E-state index contributed by atoms with van der Waals surface area (Å²) in [5.74, 6) is -0.397. The largest absolute Gasteiger partial charge is 0.348 e. The van der Waals surface area contributed by atoms with Crippen LogP contribution in [0.5, 0.6) is 0 Å². The first-order valence-electron chi connectivity index (χ1n) is 9.15. The molecule has 0 fully saturated rings. The summed E-state index contributed by atoms with van der Waals surface area (Å²) in [6.45, 7) is 4.39. The van der Waals surface area contributed by atoms with Gasteiger partial charge in [0.15, 0.2) is 0 Å². The van der Waals surface area contributed by atoms with Crippen LogP contribution in [0.4, 0.5) is 5.69 Å². The molecule has 2 N–H and O–H groups in total. The molecule has 0 radical (unpaired) electrons. The molecule has 142 valence electrons. The number of aryl methyl sites for hydroxylation is 2. The Kier molecular flexibility index (Phi) is 6.17. The van der Waals surface area contributed by atoms with Gasteiger partial charge < -0.3 is 10.6 Å². The van der Waals surface area contributed by atoms with Crippen molar-refractivity contribution < 1.29 is 9.59 Å². The van der Waals surface area contributed by atoms with Crippen LogP contribution in [-0.4, -0.2) is 16.8 Å². The average molecular weight is 373 g/mol. The summed E-state index contributed by atoms with van der Waals surface area (Å²) in [5, 5.41) is 5.73. The molecule has 0 spiro atoms. The molecule has 0 aliphatic rings. The van der Waals surface area contributed by atoms with Crippen LogP contribution < -0.4 is 10.6 Å². The van der Waals surface area contributed by atoms with E-state index in [1.165, 1.54) is 0 Å². The zero-order chi connectivity index (χ0) is 19.9. The number of benzene rings is 2. The van der Waals surface area contributed by atoms with Crippen LogP contribution in [0.3, 0.4) is 0 Å². The fourth-order valence-electron chi connectivity index (χ4n) is 2.98. The summed E-state index contributed by atoms with van der Waals surface area (Å²) in [6.07, 6.45) is 3.65. The predicted octanol–water partition coefficient (Wildman–Crippen LogP) is 3.81. The Morgan fingerprint density at radius 3 is 2.57 bits per heavy atom. The Bertz CT molecular complexity index is 984. The van der Waals surface area contributed by atoms with Gasteiger partial charge in [0, 0.05) is 18.9 Å². The lowest BCUT2D eigenvalue weighted by Gasteiger charge is -2.12. The molecule has 1 aromatic heterocycles. The molecule has 5 heteroatoms. The molecular formula is C23H23N3O2. The van der Waals surface area contributed by atoms with Crippen LogP contribution in [0.15, 0.2) is 67.0 Å². The number of aromatic nitrogens is 1. The Morgan fingerprint density at radius 2 is 1.82 bits per heavy atom. The number of nitrogens with zero attached hydrogens (tertiary/aromatic N) is 1. The van der Waals surface area contributed by atoms with E-state index < -0.39 is 0 Å². The van der Waals surface area contributed by atoms with E-state index in [-0.39, 0.29) is 18.2 Å². The van der Waals surface area contributed by atoms with Crippen molar-refractivity contribution in [1.29, 1.82) is 0 Å². The van der Waals surface area contributed by atoms with Crippen molar-refractivity contribution in [3.8, 4) is 0 Å². The minimum absolute atomic E-state index is 0.153. The lowest BCUT2D eigenvalue weighted by Crippen LogP contribution is -2.25. The van der Waals surface area contributed by atoms with E-state index in [0.29, 0.717) is 17.8 Å². The number of nitrogens with one attached hydrogen (secondary N) is 2. The third kappa shape index (κ3) is 5.04. The third-order valence-corrected chi connectivity index (χ3v) is 4.47. The van der Waals surface area contributed by atoms with E-state index in [1.54, 1.807) is 36.7 Å². The van der Waals surface area contributed by atoms with Crippen LogP contribution in [0, 0.1) is 13.8 Å². The van der Waals surface area contributed by atoms with Gasteiger partial charge in [0.1, 0.15) is 0 Å². The van der Waals surface area contributed by atoms with Gasteiger partial charge in [-0.15, -0.1) is 0 Å². The monoisotopic (exact) mass is 373 g/mol. The summed E-state index contributed by atoms with van der Waals surface area (Å²) in [6, 6.07) is 16.7. The minimum atomic E-state index is -0.244. The fourth-order valence-corrected chi connectivity index (χ4v) is 2.98. The normalized spacial score (nSPS) is 10.4. The molecular weight excluding hydrogens is 350 g/mol. The second-order valence-electron chi connectivity index (χ2n) is 6.74. The molecule has 0 bridgehead atoms. The lowest BCUT2D eigenvalue weighted by atomic mass is 10.0. The second-order valence-corrected chi connectivity index (χ2v) is 6.74. The van der Waals surface area contributed by atoms with Gasteiger partial charge in [-0.3, -0.25) is 14.6 Å². The standard InChI is InChI=1S/C23H23N3O2/c1-16-9-10-19(17(2)12-16)13-22(27)26-21-8-4-3-7-20(21)23(28)25-15-18-6-5-11-24-14-18/h3-12,14H,13,15H2,1-2H3,(H,25,28)(H,26,27). The van der Waals surface area contributed by atoms with Crippen molar-refractivity contribution >= 4 is 17.5 Å². The molecule has 5 nitrogen and oxygen atoms in total. The predicted molar refractivity (Wildman–Crippen MR) is 110 cm³/mol. The van der Waals surface area contributed by atoms with E-state index in [4.69, 9.17) is 0 Å². The van der Waals surface area contributed by atoms with E-state index in [1.807, 2.05) is 38.1 Å². The topological polar surface area (TPSA) is 71.1 Å². The molecule has 2 amide bonds. The molecule has 1 heterocycles. The highest BCUT2D eigenvalue weighted by molar-refractivity contribution is 6.04. The lowest BCUT2D eigenvalue weighted by molar-refractivity contribution is -0.115. The van der Waals surface area contributed by atoms with E-state index in [9.17, 15) is 9.59 Å². The molecule has 0 aliphatic heterocycles. The molecule has 0 saturated carbocycles. The number of hydrogen-bond donors (Lipinski definition) is 2.